The third-order valence-electron chi connectivity index (χ3n) is 3.97. The molecule has 0 saturated carbocycles. The summed E-state index contributed by atoms with van der Waals surface area (Å²) in [5.74, 6) is 1.88. The first kappa shape index (κ1) is 13.8. The Bertz CT molecular complexity index is 567. The lowest BCUT2D eigenvalue weighted by atomic mass is 10.0. The van der Waals surface area contributed by atoms with Crippen LogP contribution in [-0.4, -0.2) is 29.3 Å². The van der Waals surface area contributed by atoms with Gasteiger partial charge in [-0.3, -0.25) is 9.98 Å². The SMILES string of the molecule is CC1CC(=NC(c2ccccc2)c2ccncc2)N(C)C1. The van der Waals surface area contributed by atoms with Gasteiger partial charge in [0.05, 0.1) is 0 Å². The first-order valence-corrected chi connectivity index (χ1v) is 7.46. The molecule has 2 heterocycles. The van der Waals surface area contributed by atoms with E-state index in [1.54, 1.807) is 0 Å². The van der Waals surface area contributed by atoms with E-state index < -0.39 is 0 Å². The number of aliphatic imine (C=N–C) groups is 1. The van der Waals surface area contributed by atoms with Gasteiger partial charge in [-0.1, -0.05) is 37.3 Å². The van der Waals surface area contributed by atoms with Crippen LogP contribution >= 0.6 is 0 Å². The molecule has 1 fully saturated rings. The number of benzene rings is 1. The number of nitrogens with zero attached hydrogens (tertiary/aromatic N) is 3. The molecule has 108 valence electrons. The number of aromatic nitrogens is 1. The Balaban J connectivity index is 2.00. The van der Waals surface area contributed by atoms with E-state index in [9.17, 15) is 0 Å². The Labute approximate surface area is 126 Å². The summed E-state index contributed by atoms with van der Waals surface area (Å²) < 4.78 is 0. The van der Waals surface area contributed by atoms with Crippen LogP contribution in [0, 0.1) is 5.92 Å². The van der Waals surface area contributed by atoms with Gasteiger partial charge in [0.2, 0.25) is 0 Å². The van der Waals surface area contributed by atoms with Gasteiger partial charge in [-0.25, -0.2) is 0 Å². The van der Waals surface area contributed by atoms with Crippen molar-refractivity contribution < 1.29 is 0 Å². The van der Waals surface area contributed by atoms with Gasteiger partial charge in [-0.05, 0) is 29.2 Å². The average Bonchev–Trinajstić information content (AvgIpc) is 2.84. The fourth-order valence-corrected chi connectivity index (χ4v) is 2.93. The van der Waals surface area contributed by atoms with Crippen LogP contribution in [0.25, 0.3) is 0 Å². The summed E-state index contributed by atoms with van der Waals surface area (Å²) in [7, 11) is 2.14. The van der Waals surface area contributed by atoms with Crippen LogP contribution < -0.4 is 0 Å². The van der Waals surface area contributed by atoms with E-state index in [4.69, 9.17) is 4.99 Å². The minimum atomic E-state index is 0.0527. The highest BCUT2D eigenvalue weighted by Crippen LogP contribution is 2.28. The van der Waals surface area contributed by atoms with Gasteiger partial charge in [-0.15, -0.1) is 0 Å². The highest BCUT2D eigenvalue weighted by Gasteiger charge is 2.23. The molecule has 3 rings (SSSR count). The molecule has 0 N–H and O–H groups in total. The number of amidine groups is 1. The normalized spacial score (nSPS) is 21.7. The number of pyridine rings is 1. The molecule has 1 aromatic heterocycles. The highest BCUT2D eigenvalue weighted by atomic mass is 15.2. The average molecular weight is 279 g/mol. The van der Waals surface area contributed by atoms with E-state index in [0.29, 0.717) is 5.92 Å². The van der Waals surface area contributed by atoms with Crippen molar-refractivity contribution in [2.75, 3.05) is 13.6 Å². The van der Waals surface area contributed by atoms with Crippen LogP contribution in [-0.2, 0) is 0 Å². The summed E-state index contributed by atoms with van der Waals surface area (Å²) in [6.45, 7) is 3.37. The largest absolute Gasteiger partial charge is 0.363 e. The van der Waals surface area contributed by atoms with Gasteiger partial charge in [0, 0.05) is 32.4 Å². The maximum Gasteiger partial charge on any atom is 0.102 e. The maximum atomic E-state index is 5.06. The topological polar surface area (TPSA) is 28.5 Å². The second-order valence-electron chi connectivity index (χ2n) is 5.83. The molecule has 0 spiro atoms. The third kappa shape index (κ3) is 3.13. The number of rotatable bonds is 3. The summed E-state index contributed by atoms with van der Waals surface area (Å²) in [6.07, 6.45) is 4.74. The van der Waals surface area contributed by atoms with E-state index in [1.165, 1.54) is 17.0 Å². The van der Waals surface area contributed by atoms with Crippen molar-refractivity contribution >= 4 is 5.84 Å². The quantitative estimate of drug-likeness (QED) is 0.859. The molecular formula is C18H21N3. The van der Waals surface area contributed by atoms with Crippen LogP contribution in [0.2, 0.25) is 0 Å². The van der Waals surface area contributed by atoms with Crippen LogP contribution in [0.5, 0.6) is 0 Å². The van der Waals surface area contributed by atoms with Crippen LogP contribution in [0.1, 0.15) is 30.5 Å². The van der Waals surface area contributed by atoms with E-state index in [0.717, 1.165) is 13.0 Å². The molecule has 0 bridgehead atoms. The van der Waals surface area contributed by atoms with Crippen LogP contribution in [0.4, 0.5) is 0 Å². The zero-order valence-electron chi connectivity index (χ0n) is 12.6. The van der Waals surface area contributed by atoms with Crippen molar-refractivity contribution in [3.8, 4) is 0 Å². The van der Waals surface area contributed by atoms with Gasteiger partial charge in [-0.2, -0.15) is 0 Å². The molecule has 1 saturated heterocycles. The van der Waals surface area contributed by atoms with Crippen molar-refractivity contribution in [3.05, 3.63) is 66.0 Å². The van der Waals surface area contributed by atoms with Crippen molar-refractivity contribution in [1.82, 2.24) is 9.88 Å². The minimum Gasteiger partial charge on any atom is -0.363 e. The molecule has 2 atom stereocenters. The summed E-state index contributed by atoms with van der Waals surface area (Å²) >= 11 is 0. The van der Waals surface area contributed by atoms with Gasteiger partial charge >= 0.3 is 0 Å². The molecule has 0 radical (unpaired) electrons. The Morgan fingerprint density at radius 1 is 1.10 bits per heavy atom. The Kier molecular flexibility index (Phi) is 4.00. The van der Waals surface area contributed by atoms with E-state index >= 15 is 0 Å². The number of hydrogen-bond acceptors (Lipinski definition) is 2. The molecule has 2 aromatic rings. The van der Waals surface area contributed by atoms with E-state index in [1.807, 2.05) is 18.5 Å². The molecule has 21 heavy (non-hydrogen) atoms. The fraction of sp³-hybridized carbons (Fsp3) is 0.333. The predicted molar refractivity (Wildman–Crippen MR) is 86.4 cm³/mol. The lowest BCUT2D eigenvalue weighted by Crippen LogP contribution is -2.20. The molecule has 3 nitrogen and oxygen atoms in total. The lowest BCUT2D eigenvalue weighted by Gasteiger charge is -2.18. The molecule has 3 heteroatoms. The van der Waals surface area contributed by atoms with E-state index in [2.05, 4.69) is 60.3 Å². The van der Waals surface area contributed by atoms with Crippen molar-refractivity contribution in [1.29, 1.82) is 0 Å². The van der Waals surface area contributed by atoms with Crippen LogP contribution in [0.3, 0.4) is 0 Å². The second kappa shape index (κ2) is 6.08. The molecular weight excluding hydrogens is 258 g/mol. The molecule has 0 aliphatic carbocycles. The zero-order chi connectivity index (χ0) is 14.7. The third-order valence-corrected chi connectivity index (χ3v) is 3.97. The van der Waals surface area contributed by atoms with Gasteiger partial charge in [0.1, 0.15) is 11.9 Å². The predicted octanol–water partition coefficient (Wildman–Crippen LogP) is 3.54. The van der Waals surface area contributed by atoms with Gasteiger partial charge < -0.3 is 4.90 Å². The lowest BCUT2D eigenvalue weighted by molar-refractivity contribution is 0.481. The van der Waals surface area contributed by atoms with E-state index in [-0.39, 0.29) is 6.04 Å². The molecule has 1 aliphatic rings. The standard InChI is InChI=1S/C18H21N3/c1-14-12-17(21(2)13-14)20-18(15-6-4-3-5-7-15)16-8-10-19-11-9-16/h3-11,14,18H,12-13H2,1-2H3. The second-order valence-corrected chi connectivity index (χ2v) is 5.83. The summed E-state index contributed by atoms with van der Waals surface area (Å²) in [6, 6.07) is 14.7. The zero-order valence-corrected chi connectivity index (χ0v) is 12.6. The Hall–Kier alpha value is -2.16. The summed E-state index contributed by atoms with van der Waals surface area (Å²) in [5.41, 5.74) is 2.42. The first-order valence-electron chi connectivity index (χ1n) is 7.46. The fourth-order valence-electron chi connectivity index (χ4n) is 2.93. The summed E-state index contributed by atoms with van der Waals surface area (Å²) in [4.78, 5) is 11.5. The van der Waals surface area contributed by atoms with Gasteiger partial charge in [0.15, 0.2) is 0 Å². The minimum absolute atomic E-state index is 0.0527. The molecule has 2 unspecified atom stereocenters. The van der Waals surface area contributed by atoms with Crippen molar-refractivity contribution in [2.45, 2.75) is 19.4 Å². The highest BCUT2D eigenvalue weighted by molar-refractivity contribution is 5.84. The number of likely N-dealkylation sites (tertiary alicyclic amines) is 1. The molecule has 0 amide bonds. The molecule has 1 aromatic carbocycles. The smallest absolute Gasteiger partial charge is 0.102 e. The maximum absolute atomic E-state index is 5.06. The summed E-state index contributed by atoms with van der Waals surface area (Å²) in [5, 5.41) is 0. The van der Waals surface area contributed by atoms with Gasteiger partial charge in [0.25, 0.3) is 0 Å². The van der Waals surface area contributed by atoms with Crippen LogP contribution in [0.15, 0.2) is 59.9 Å². The van der Waals surface area contributed by atoms with Crippen molar-refractivity contribution in [3.63, 3.8) is 0 Å². The number of hydrogen-bond donors (Lipinski definition) is 0. The monoisotopic (exact) mass is 279 g/mol. The first-order chi connectivity index (χ1) is 10.2. The molecule has 1 aliphatic heterocycles. The Morgan fingerprint density at radius 3 is 2.38 bits per heavy atom. The Morgan fingerprint density at radius 2 is 1.76 bits per heavy atom. The van der Waals surface area contributed by atoms with Crippen molar-refractivity contribution in [2.24, 2.45) is 10.9 Å².